The van der Waals surface area contributed by atoms with Gasteiger partial charge in [-0.15, -0.1) is 0 Å². The molecule has 1 unspecified atom stereocenters. The molecule has 0 bridgehead atoms. The number of nitrogens with one attached hydrogen (secondary N) is 1. The van der Waals surface area contributed by atoms with Crippen molar-refractivity contribution in [1.29, 1.82) is 0 Å². The quantitative estimate of drug-likeness (QED) is 0.456. The summed E-state index contributed by atoms with van der Waals surface area (Å²) in [5, 5.41) is 2.98. The van der Waals surface area contributed by atoms with Crippen molar-refractivity contribution in [2.45, 2.75) is 25.8 Å². The molecule has 0 radical (unpaired) electrons. The summed E-state index contributed by atoms with van der Waals surface area (Å²) in [6.45, 7) is 2.97. The van der Waals surface area contributed by atoms with Crippen LogP contribution in [-0.4, -0.2) is 32.3 Å². The summed E-state index contributed by atoms with van der Waals surface area (Å²) >= 11 is 0. The van der Waals surface area contributed by atoms with Crippen LogP contribution in [0.2, 0.25) is 0 Å². The van der Waals surface area contributed by atoms with Gasteiger partial charge in [-0.3, -0.25) is 4.99 Å². The Morgan fingerprint density at radius 1 is 1.35 bits per heavy atom. The number of nitrogens with two attached hydrogens (primary N) is 1. The molecule has 0 aliphatic heterocycles. The van der Waals surface area contributed by atoms with Gasteiger partial charge in [0.2, 0.25) is 0 Å². The van der Waals surface area contributed by atoms with Crippen LogP contribution >= 0.6 is 0 Å². The number of methoxy groups -OCH3 is 1. The van der Waals surface area contributed by atoms with E-state index in [4.69, 9.17) is 10.5 Å². The maximum absolute atomic E-state index is 13.0. The van der Waals surface area contributed by atoms with Crippen LogP contribution in [0.5, 0.6) is 0 Å². The van der Waals surface area contributed by atoms with E-state index in [1.54, 1.807) is 7.11 Å². The van der Waals surface area contributed by atoms with Crippen molar-refractivity contribution in [2.24, 2.45) is 10.7 Å². The van der Waals surface area contributed by atoms with Crippen molar-refractivity contribution >= 4 is 5.96 Å². The summed E-state index contributed by atoms with van der Waals surface area (Å²) in [6, 6.07) is 3.60. The highest BCUT2D eigenvalue weighted by Gasteiger charge is 2.02. The molecule has 0 aliphatic rings. The Labute approximate surface area is 118 Å². The molecular formula is C14H21F2N3O. The predicted molar refractivity (Wildman–Crippen MR) is 75.6 cm³/mol. The van der Waals surface area contributed by atoms with E-state index in [1.807, 2.05) is 6.92 Å². The lowest BCUT2D eigenvalue weighted by atomic mass is 10.1. The minimum Gasteiger partial charge on any atom is -0.383 e. The van der Waals surface area contributed by atoms with Gasteiger partial charge in [0.15, 0.2) is 5.96 Å². The average molecular weight is 285 g/mol. The summed E-state index contributed by atoms with van der Waals surface area (Å²) in [7, 11) is 1.61. The third-order valence-electron chi connectivity index (χ3n) is 2.64. The Morgan fingerprint density at radius 3 is 2.60 bits per heavy atom. The Morgan fingerprint density at radius 2 is 2.00 bits per heavy atom. The molecule has 0 fully saturated rings. The van der Waals surface area contributed by atoms with Crippen LogP contribution in [0.15, 0.2) is 23.2 Å². The van der Waals surface area contributed by atoms with Crippen LogP contribution in [0.3, 0.4) is 0 Å². The molecule has 1 rings (SSSR count). The number of ether oxygens (including phenoxy) is 1. The number of rotatable bonds is 7. The molecular weight excluding hydrogens is 264 g/mol. The number of hydrogen-bond acceptors (Lipinski definition) is 2. The number of halogens is 2. The van der Waals surface area contributed by atoms with E-state index in [0.29, 0.717) is 37.5 Å². The van der Waals surface area contributed by atoms with E-state index in [-0.39, 0.29) is 6.04 Å². The predicted octanol–water partition coefficient (Wildman–Crippen LogP) is 1.84. The molecule has 0 spiro atoms. The second-order valence-corrected chi connectivity index (χ2v) is 4.65. The summed E-state index contributed by atoms with van der Waals surface area (Å²) in [5.74, 6) is -0.767. The highest BCUT2D eigenvalue weighted by Crippen LogP contribution is 2.09. The Bertz CT molecular complexity index is 432. The van der Waals surface area contributed by atoms with Gasteiger partial charge in [0.25, 0.3) is 0 Å². The number of nitrogens with zero attached hydrogens (tertiary/aromatic N) is 1. The number of aliphatic imine (C=N–C) groups is 1. The number of guanidine groups is 1. The molecule has 0 saturated carbocycles. The molecule has 1 aromatic carbocycles. The third kappa shape index (κ3) is 6.47. The minimum atomic E-state index is -0.557. The fourth-order valence-corrected chi connectivity index (χ4v) is 1.83. The van der Waals surface area contributed by atoms with Crippen LogP contribution in [-0.2, 0) is 11.2 Å². The van der Waals surface area contributed by atoms with Gasteiger partial charge in [0, 0.05) is 25.8 Å². The normalized spacial score (nSPS) is 13.3. The SMILES string of the molecule is COCC(C)NC(N)=NCCCc1cc(F)cc(F)c1. The van der Waals surface area contributed by atoms with E-state index in [9.17, 15) is 8.78 Å². The number of aryl methyl sites for hydroxylation is 1. The number of benzene rings is 1. The van der Waals surface area contributed by atoms with Crippen molar-refractivity contribution in [3.63, 3.8) is 0 Å². The first-order valence-electron chi connectivity index (χ1n) is 6.51. The van der Waals surface area contributed by atoms with Crippen LogP contribution < -0.4 is 11.1 Å². The van der Waals surface area contributed by atoms with Crippen molar-refractivity contribution in [3.05, 3.63) is 35.4 Å². The maximum atomic E-state index is 13.0. The molecule has 112 valence electrons. The monoisotopic (exact) mass is 285 g/mol. The zero-order valence-electron chi connectivity index (χ0n) is 11.8. The van der Waals surface area contributed by atoms with Gasteiger partial charge in [0.05, 0.1) is 6.61 Å². The van der Waals surface area contributed by atoms with E-state index < -0.39 is 11.6 Å². The maximum Gasteiger partial charge on any atom is 0.188 e. The molecule has 0 amide bonds. The summed E-state index contributed by atoms with van der Waals surface area (Å²) < 4.78 is 30.9. The highest BCUT2D eigenvalue weighted by atomic mass is 19.1. The van der Waals surface area contributed by atoms with Gasteiger partial charge < -0.3 is 15.8 Å². The standard InChI is InChI=1S/C14H21F2N3O/c1-10(9-20-2)19-14(17)18-5-3-4-11-6-12(15)8-13(16)7-11/h6-8,10H,3-5,9H2,1-2H3,(H3,17,18,19). The molecule has 20 heavy (non-hydrogen) atoms. The first kappa shape index (κ1) is 16.4. The van der Waals surface area contributed by atoms with Gasteiger partial charge >= 0.3 is 0 Å². The topological polar surface area (TPSA) is 59.6 Å². The molecule has 0 aromatic heterocycles. The largest absolute Gasteiger partial charge is 0.383 e. The molecule has 1 aromatic rings. The van der Waals surface area contributed by atoms with Crippen LogP contribution in [0.25, 0.3) is 0 Å². The molecule has 0 saturated heterocycles. The second-order valence-electron chi connectivity index (χ2n) is 4.65. The van der Waals surface area contributed by atoms with E-state index in [0.717, 1.165) is 6.07 Å². The smallest absolute Gasteiger partial charge is 0.188 e. The zero-order valence-corrected chi connectivity index (χ0v) is 11.8. The Balaban J connectivity index is 2.33. The van der Waals surface area contributed by atoms with Crippen molar-refractivity contribution in [3.8, 4) is 0 Å². The van der Waals surface area contributed by atoms with Crippen molar-refractivity contribution < 1.29 is 13.5 Å². The lowest BCUT2D eigenvalue weighted by Crippen LogP contribution is -2.40. The average Bonchev–Trinajstić information content (AvgIpc) is 2.33. The van der Waals surface area contributed by atoms with Crippen molar-refractivity contribution in [2.75, 3.05) is 20.3 Å². The van der Waals surface area contributed by atoms with Crippen LogP contribution in [0.1, 0.15) is 18.9 Å². The Kier molecular flexibility index (Phi) is 6.93. The fraction of sp³-hybridized carbons (Fsp3) is 0.500. The van der Waals surface area contributed by atoms with Gasteiger partial charge in [-0.05, 0) is 37.5 Å². The summed E-state index contributed by atoms with van der Waals surface area (Å²) in [5.41, 5.74) is 6.32. The van der Waals surface area contributed by atoms with Gasteiger partial charge in [-0.25, -0.2) is 8.78 Å². The third-order valence-corrected chi connectivity index (χ3v) is 2.64. The van der Waals surface area contributed by atoms with Gasteiger partial charge in [-0.2, -0.15) is 0 Å². The van der Waals surface area contributed by atoms with Crippen molar-refractivity contribution in [1.82, 2.24) is 5.32 Å². The molecule has 6 heteroatoms. The number of hydrogen-bond donors (Lipinski definition) is 2. The summed E-state index contributed by atoms with van der Waals surface area (Å²) in [6.07, 6.45) is 1.23. The second kappa shape index (κ2) is 8.47. The van der Waals surface area contributed by atoms with E-state index in [1.165, 1.54) is 12.1 Å². The molecule has 4 nitrogen and oxygen atoms in total. The first-order chi connectivity index (χ1) is 9.51. The first-order valence-corrected chi connectivity index (χ1v) is 6.51. The van der Waals surface area contributed by atoms with Gasteiger partial charge in [0.1, 0.15) is 11.6 Å². The van der Waals surface area contributed by atoms with Crippen LogP contribution in [0, 0.1) is 11.6 Å². The highest BCUT2D eigenvalue weighted by molar-refractivity contribution is 5.78. The fourth-order valence-electron chi connectivity index (χ4n) is 1.83. The summed E-state index contributed by atoms with van der Waals surface area (Å²) in [4.78, 5) is 4.15. The lowest BCUT2D eigenvalue weighted by Gasteiger charge is -2.12. The molecule has 1 atom stereocenters. The van der Waals surface area contributed by atoms with E-state index in [2.05, 4.69) is 10.3 Å². The van der Waals surface area contributed by atoms with Crippen LogP contribution in [0.4, 0.5) is 8.78 Å². The molecule has 0 aliphatic carbocycles. The molecule has 0 heterocycles. The van der Waals surface area contributed by atoms with Gasteiger partial charge in [-0.1, -0.05) is 0 Å². The zero-order chi connectivity index (χ0) is 15.0. The van der Waals surface area contributed by atoms with E-state index >= 15 is 0 Å². The molecule has 3 N–H and O–H groups in total. The minimum absolute atomic E-state index is 0.0843. The Hall–Kier alpha value is -1.69. The lowest BCUT2D eigenvalue weighted by molar-refractivity contribution is 0.179.